The highest BCUT2D eigenvalue weighted by Crippen LogP contribution is 2.36. The molecule has 0 aliphatic rings. The first-order valence-electron chi connectivity index (χ1n) is 9.63. The topological polar surface area (TPSA) is 59.9 Å². The zero-order chi connectivity index (χ0) is 21.9. The first-order chi connectivity index (χ1) is 15.2. The average molecular weight is 499 g/mol. The largest absolute Gasteiger partial charge is 0.493 e. The van der Waals surface area contributed by atoms with Gasteiger partial charge in [-0.25, -0.2) is 5.43 Å². The van der Waals surface area contributed by atoms with Gasteiger partial charge in [0, 0.05) is 5.75 Å². The molecule has 0 unspecified atom stereocenters. The number of methoxy groups -OCH3 is 1. The highest BCUT2D eigenvalue weighted by atomic mass is 79.9. The highest BCUT2D eigenvalue weighted by Gasteiger charge is 2.11. The Labute approximate surface area is 195 Å². The van der Waals surface area contributed by atoms with Gasteiger partial charge in [0.25, 0.3) is 0 Å². The Morgan fingerprint density at radius 3 is 2.42 bits per heavy atom. The van der Waals surface area contributed by atoms with Crippen molar-refractivity contribution in [1.82, 2.24) is 5.43 Å². The highest BCUT2D eigenvalue weighted by molar-refractivity contribution is 9.10. The summed E-state index contributed by atoms with van der Waals surface area (Å²) in [5.41, 5.74) is 5.58. The van der Waals surface area contributed by atoms with Gasteiger partial charge in [-0.3, -0.25) is 4.79 Å². The summed E-state index contributed by atoms with van der Waals surface area (Å²) in [5.74, 6) is 2.17. The summed E-state index contributed by atoms with van der Waals surface area (Å²) in [4.78, 5) is 12.0. The van der Waals surface area contributed by atoms with Crippen LogP contribution < -0.4 is 14.9 Å². The zero-order valence-corrected chi connectivity index (χ0v) is 19.5. The normalized spacial score (nSPS) is 10.8. The number of carbonyl (C=O) groups is 1. The van der Waals surface area contributed by atoms with Gasteiger partial charge in [0.2, 0.25) is 5.91 Å². The van der Waals surface area contributed by atoms with E-state index in [1.807, 2.05) is 72.8 Å². The molecule has 5 nitrogen and oxygen atoms in total. The van der Waals surface area contributed by atoms with Gasteiger partial charge >= 0.3 is 0 Å². The van der Waals surface area contributed by atoms with Gasteiger partial charge in [-0.1, -0.05) is 60.7 Å². The number of rotatable bonds is 10. The van der Waals surface area contributed by atoms with Crippen LogP contribution in [0.4, 0.5) is 0 Å². The second kappa shape index (κ2) is 12.2. The van der Waals surface area contributed by atoms with Crippen molar-refractivity contribution in [1.29, 1.82) is 0 Å². The Kier molecular flexibility index (Phi) is 8.99. The second-order valence-corrected chi connectivity index (χ2v) is 8.42. The van der Waals surface area contributed by atoms with Crippen molar-refractivity contribution < 1.29 is 14.3 Å². The van der Waals surface area contributed by atoms with Crippen molar-refractivity contribution in [3.8, 4) is 11.5 Å². The standard InChI is InChI=1S/C24H23BrN2O3S/c1-29-22-13-20(12-21(25)24(22)30-15-18-8-4-2-5-9-18)14-26-27-23(28)17-31-16-19-10-6-3-7-11-19/h2-14H,15-17H2,1H3,(H,27,28)/b26-14-. The van der Waals surface area contributed by atoms with Gasteiger partial charge in [0.15, 0.2) is 11.5 Å². The lowest BCUT2D eigenvalue weighted by molar-refractivity contribution is -0.118. The molecule has 0 spiro atoms. The molecule has 1 amide bonds. The lowest BCUT2D eigenvalue weighted by atomic mass is 10.2. The number of benzene rings is 3. The molecule has 0 fully saturated rings. The summed E-state index contributed by atoms with van der Waals surface area (Å²) in [6, 6.07) is 23.6. The van der Waals surface area contributed by atoms with Crippen LogP contribution in [0.3, 0.4) is 0 Å². The Morgan fingerprint density at radius 2 is 1.74 bits per heavy atom. The molecule has 0 bridgehead atoms. The van der Waals surface area contributed by atoms with Crippen LogP contribution in [0.1, 0.15) is 16.7 Å². The van der Waals surface area contributed by atoms with Crippen LogP contribution in [-0.2, 0) is 17.2 Å². The first-order valence-corrected chi connectivity index (χ1v) is 11.6. The van der Waals surface area contributed by atoms with Gasteiger partial charge in [0.05, 0.1) is 23.5 Å². The summed E-state index contributed by atoms with van der Waals surface area (Å²) in [6.07, 6.45) is 1.58. The van der Waals surface area contributed by atoms with Crippen molar-refractivity contribution in [2.75, 3.05) is 12.9 Å². The summed E-state index contributed by atoms with van der Waals surface area (Å²) < 4.78 is 12.1. The van der Waals surface area contributed by atoms with E-state index in [0.29, 0.717) is 23.9 Å². The van der Waals surface area contributed by atoms with Crippen LogP contribution in [0, 0.1) is 0 Å². The van der Waals surface area contributed by atoms with Gasteiger partial charge in [-0.15, -0.1) is 11.8 Å². The van der Waals surface area contributed by atoms with E-state index < -0.39 is 0 Å². The van der Waals surface area contributed by atoms with E-state index in [9.17, 15) is 4.79 Å². The van der Waals surface area contributed by atoms with Crippen molar-refractivity contribution in [3.63, 3.8) is 0 Å². The van der Waals surface area contributed by atoms with Gasteiger partial charge in [-0.05, 0) is 44.8 Å². The van der Waals surface area contributed by atoms with Crippen molar-refractivity contribution in [2.45, 2.75) is 12.4 Å². The predicted molar refractivity (Wildman–Crippen MR) is 130 cm³/mol. The van der Waals surface area contributed by atoms with Crippen LogP contribution in [0.5, 0.6) is 11.5 Å². The van der Waals surface area contributed by atoms with Gasteiger partial charge in [-0.2, -0.15) is 5.10 Å². The molecule has 0 aliphatic carbocycles. The maximum absolute atomic E-state index is 12.0. The molecule has 3 rings (SSSR count). The summed E-state index contributed by atoms with van der Waals surface area (Å²) in [6.45, 7) is 0.430. The summed E-state index contributed by atoms with van der Waals surface area (Å²) >= 11 is 5.08. The van der Waals surface area contributed by atoms with E-state index in [-0.39, 0.29) is 5.91 Å². The maximum Gasteiger partial charge on any atom is 0.250 e. The Bertz CT molecular complexity index is 1010. The number of nitrogens with zero attached hydrogens (tertiary/aromatic N) is 1. The quantitative estimate of drug-likeness (QED) is 0.299. The fourth-order valence-electron chi connectivity index (χ4n) is 2.73. The van der Waals surface area contributed by atoms with E-state index in [4.69, 9.17) is 9.47 Å². The number of hydrogen-bond donors (Lipinski definition) is 1. The van der Waals surface area contributed by atoms with Gasteiger partial charge < -0.3 is 9.47 Å². The van der Waals surface area contributed by atoms with Crippen molar-refractivity contribution >= 4 is 39.8 Å². The molecule has 0 heterocycles. The number of thioether (sulfide) groups is 1. The molecule has 1 N–H and O–H groups in total. The second-order valence-electron chi connectivity index (χ2n) is 6.58. The molecule has 0 saturated heterocycles. The third-order valence-electron chi connectivity index (χ3n) is 4.23. The Morgan fingerprint density at radius 1 is 1.06 bits per heavy atom. The predicted octanol–water partition coefficient (Wildman–Crippen LogP) is 5.42. The molecule has 0 saturated carbocycles. The third kappa shape index (κ3) is 7.45. The number of halogens is 1. The minimum atomic E-state index is -0.147. The molecule has 3 aromatic rings. The molecule has 0 aromatic heterocycles. The van der Waals surface area contributed by atoms with E-state index in [0.717, 1.165) is 21.4 Å². The van der Waals surface area contributed by atoms with E-state index >= 15 is 0 Å². The van der Waals surface area contributed by atoms with Crippen molar-refractivity contribution in [3.05, 3.63) is 94.0 Å². The summed E-state index contributed by atoms with van der Waals surface area (Å²) in [7, 11) is 1.59. The van der Waals surface area contributed by atoms with Crippen LogP contribution in [0.25, 0.3) is 0 Å². The number of hydrazone groups is 1. The number of nitrogens with one attached hydrogen (secondary N) is 1. The number of amides is 1. The minimum absolute atomic E-state index is 0.147. The monoisotopic (exact) mass is 498 g/mol. The lowest BCUT2D eigenvalue weighted by Gasteiger charge is -2.13. The molecular formula is C24H23BrN2O3S. The minimum Gasteiger partial charge on any atom is -0.493 e. The Hall–Kier alpha value is -2.77. The maximum atomic E-state index is 12.0. The van der Waals surface area contributed by atoms with Crippen LogP contribution in [0.2, 0.25) is 0 Å². The average Bonchev–Trinajstić information content (AvgIpc) is 2.79. The van der Waals surface area contributed by atoms with Gasteiger partial charge in [0.1, 0.15) is 6.61 Å². The molecule has 3 aromatic carbocycles. The molecule has 31 heavy (non-hydrogen) atoms. The lowest BCUT2D eigenvalue weighted by Crippen LogP contribution is -2.19. The van der Waals surface area contributed by atoms with Crippen molar-refractivity contribution in [2.24, 2.45) is 5.10 Å². The molecule has 0 aliphatic heterocycles. The number of hydrogen-bond acceptors (Lipinski definition) is 5. The molecule has 7 heteroatoms. The molecule has 160 valence electrons. The van der Waals surface area contributed by atoms with Crippen LogP contribution >= 0.6 is 27.7 Å². The molecule has 0 atom stereocenters. The smallest absolute Gasteiger partial charge is 0.250 e. The SMILES string of the molecule is COc1cc(/C=N\NC(=O)CSCc2ccccc2)cc(Br)c1OCc1ccccc1. The fourth-order valence-corrected chi connectivity index (χ4v) is 4.09. The van der Waals surface area contributed by atoms with Crippen LogP contribution in [0.15, 0.2) is 82.4 Å². The number of carbonyl (C=O) groups excluding carboxylic acids is 1. The van der Waals surface area contributed by atoms with Crippen LogP contribution in [-0.4, -0.2) is 25.0 Å². The molecule has 0 radical (unpaired) electrons. The van der Waals surface area contributed by atoms with E-state index in [1.165, 1.54) is 5.56 Å². The fraction of sp³-hybridized carbons (Fsp3) is 0.167. The van der Waals surface area contributed by atoms with E-state index in [1.54, 1.807) is 25.1 Å². The number of ether oxygens (including phenoxy) is 2. The van der Waals surface area contributed by atoms with E-state index in [2.05, 4.69) is 26.5 Å². The molecular weight excluding hydrogens is 476 g/mol. The first kappa shape index (κ1) is 22.9. The summed E-state index contributed by atoms with van der Waals surface area (Å²) in [5, 5.41) is 4.05. The zero-order valence-electron chi connectivity index (χ0n) is 17.1. The Balaban J connectivity index is 1.52. The third-order valence-corrected chi connectivity index (χ3v) is 5.82.